The first kappa shape index (κ1) is 10.6. The van der Waals surface area contributed by atoms with Crippen molar-refractivity contribution in [3.05, 3.63) is 30.1 Å². The number of rotatable bonds is 5. The van der Waals surface area contributed by atoms with Crippen molar-refractivity contribution in [1.29, 1.82) is 0 Å². The summed E-state index contributed by atoms with van der Waals surface area (Å²) in [6, 6.07) is 1.88. The summed E-state index contributed by atoms with van der Waals surface area (Å²) in [6.07, 6.45) is 8.75. The maximum absolute atomic E-state index is 11.1. The summed E-state index contributed by atoms with van der Waals surface area (Å²) < 4.78 is 4.94. The van der Waals surface area contributed by atoms with E-state index in [1.54, 1.807) is 6.08 Å². The minimum absolute atomic E-state index is 0.278. The van der Waals surface area contributed by atoms with Crippen LogP contribution in [0, 0.1) is 0 Å². The lowest BCUT2D eigenvalue weighted by Crippen LogP contribution is -2.01. The zero-order valence-electron chi connectivity index (χ0n) is 8.32. The molecule has 0 fully saturated rings. The number of aromatic amines is 1. The molecular formula is C11H15NO2. The molecule has 0 saturated heterocycles. The zero-order valence-corrected chi connectivity index (χ0v) is 8.32. The normalized spacial score (nSPS) is 10.6. The lowest BCUT2D eigenvalue weighted by Gasteiger charge is -1.98. The largest absolute Gasteiger partial charge is 0.463 e. The summed E-state index contributed by atoms with van der Waals surface area (Å²) in [5.41, 5.74) is 0.970. The Morgan fingerprint density at radius 3 is 3.14 bits per heavy atom. The van der Waals surface area contributed by atoms with Crippen LogP contribution in [0.3, 0.4) is 0 Å². The summed E-state index contributed by atoms with van der Waals surface area (Å²) >= 11 is 0. The molecule has 14 heavy (non-hydrogen) atoms. The van der Waals surface area contributed by atoms with Crippen LogP contribution in [0.4, 0.5) is 0 Å². The molecule has 3 heteroatoms. The molecule has 1 N–H and O–H groups in total. The minimum Gasteiger partial charge on any atom is -0.463 e. The lowest BCUT2D eigenvalue weighted by molar-refractivity contribution is -0.137. The van der Waals surface area contributed by atoms with Crippen LogP contribution in [0.5, 0.6) is 0 Å². The van der Waals surface area contributed by atoms with Crippen molar-refractivity contribution in [2.75, 3.05) is 6.61 Å². The van der Waals surface area contributed by atoms with Gasteiger partial charge in [0, 0.05) is 18.5 Å². The van der Waals surface area contributed by atoms with E-state index in [0.717, 1.165) is 18.4 Å². The van der Waals surface area contributed by atoms with Gasteiger partial charge in [-0.25, -0.2) is 4.79 Å². The number of ether oxygens (including phenoxy) is 1. The Bertz CT molecular complexity index is 288. The van der Waals surface area contributed by atoms with Crippen molar-refractivity contribution in [2.45, 2.75) is 19.8 Å². The molecule has 0 aliphatic heterocycles. The van der Waals surface area contributed by atoms with E-state index >= 15 is 0 Å². The molecule has 0 unspecified atom stereocenters. The van der Waals surface area contributed by atoms with Crippen LogP contribution in [0.25, 0.3) is 6.08 Å². The van der Waals surface area contributed by atoms with Gasteiger partial charge in [0.05, 0.1) is 6.61 Å². The molecule has 0 amide bonds. The van der Waals surface area contributed by atoms with Gasteiger partial charge in [-0.05, 0) is 24.1 Å². The second kappa shape index (κ2) is 6.02. The Morgan fingerprint density at radius 1 is 1.64 bits per heavy atom. The van der Waals surface area contributed by atoms with Crippen molar-refractivity contribution in [3.8, 4) is 0 Å². The fourth-order valence-corrected chi connectivity index (χ4v) is 0.970. The van der Waals surface area contributed by atoms with Gasteiger partial charge in [0.25, 0.3) is 0 Å². The van der Waals surface area contributed by atoms with Gasteiger partial charge in [-0.15, -0.1) is 0 Å². The number of hydrogen-bond donors (Lipinski definition) is 1. The number of H-pyrrole nitrogens is 1. The number of carbonyl (C=O) groups is 1. The van der Waals surface area contributed by atoms with E-state index in [2.05, 4.69) is 11.9 Å². The van der Waals surface area contributed by atoms with Crippen LogP contribution in [0.2, 0.25) is 0 Å². The highest BCUT2D eigenvalue weighted by atomic mass is 16.5. The lowest BCUT2D eigenvalue weighted by atomic mass is 10.3. The van der Waals surface area contributed by atoms with Gasteiger partial charge in [0.15, 0.2) is 0 Å². The summed E-state index contributed by atoms with van der Waals surface area (Å²) in [6.45, 7) is 2.57. The van der Waals surface area contributed by atoms with Crippen LogP contribution in [-0.4, -0.2) is 17.6 Å². The molecule has 0 aliphatic carbocycles. The van der Waals surface area contributed by atoms with Gasteiger partial charge >= 0.3 is 5.97 Å². The molecule has 1 rings (SSSR count). The van der Waals surface area contributed by atoms with Crippen LogP contribution in [0.1, 0.15) is 25.3 Å². The van der Waals surface area contributed by atoms with E-state index in [1.165, 1.54) is 6.08 Å². The Labute approximate surface area is 83.8 Å². The molecule has 3 nitrogen and oxygen atoms in total. The van der Waals surface area contributed by atoms with Crippen molar-refractivity contribution < 1.29 is 9.53 Å². The Hall–Kier alpha value is -1.51. The highest BCUT2D eigenvalue weighted by Gasteiger charge is 1.95. The van der Waals surface area contributed by atoms with E-state index in [9.17, 15) is 4.79 Å². The monoisotopic (exact) mass is 193 g/mol. The molecule has 0 aromatic carbocycles. The average molecular weight is 193 g/mol. The third-order valence-electron chi connectivity index (χ3n) is 1.78. The zero-order chi connectivity index (χ0) is 10.2. The molecular weight excluding hydrogens is 178 g/mol. The number of aromatic nitrogens is 1. The highest BCUT2D eigenvalue weighted by Crippen LogP contribution is 1.99. The minimum atomic E-state index is -0.278. The summed E-state index contributed by atoms with van der Waals surface area (Å²) in [5.74, 6) is -0.278. The van der Waals surface area contributed by atoms with Crippen molar-refractivity contribution in [3.63, 3.8) is 0 Å². The fourth-order valence-electron chi connectivity index (χ4n) is 0.970. The smallest absolute Gasteiger partial charge is 0.330 e. The molecule has 0 aliphatic rings. The van der Waals surface area contributed by atoms with Gasteiger partial charge in [-0.1, -0.05) is 13.3 Å². The summed E-state index contributed by atoms with van der Waals surface area (Å²) in [5, 5.41) is 0. The maximum atomic E-state index is 11.1. The van der Waals surface area contributed by atoms with E-state index in [1.807, 2.05) is 18.5 Å². The standard InChI is InChI=1S/C11H15NO2/c1-2-3-8-14-11(13)5-4-10-6-7-12-9-10/h4-7,9,12H,2-3,8H2,1H3. The highest BCUT2D eigenvalue weighted by molar-refractivity contribution is 5.86. The molecule has 0 radical (unpaired) electrons. The quantitative estimate of drug-likeness (QED) is 0.443. The molecule has 1 aromatic rings. The molecule has 0 spiro atoms. The van der Waals surface area contributed by atoms with E-state index in [0.29, 0.717) is 6.61 Å². The van der Waals surface area contributed by atoms with Crippen molar-refractivity contribution in [2.24, 2.45) is 0 Å². The van der Waals surface area contributed by atoms with Gasteiger partial charge in [-0.3, -0.25) is 0 Å². The predicted octanol–water partition coefficient (Wildman–Crippen LogP) is 2.37. The van der Waals surface area contributed by atoms with Crippen LogP contribution in [0.15, 0.2) is 24.5 Å². The third-order valence-corrected chi connectivity index (χ3v) is 1.78. The first-order chi connectivity index (χ1) is 6.83. The van der Waals surface area contributed by atoms with Crippen LogP contribution >= 0.6 is 0 Å². The second-order valence-corrected chi connectivity index (χ2v) is 3.00. The van der Waals surface area contributed by atoms with Gasteiger partial charge in [-0.2, -0.15) is 0 Å². The van der Waals surface area contributed by atoms with E-state index < -0.39 is 0 Å². The summed E-state index contributed by atoms with van der Waals surface area (Å²) in [7, 11) is 0. The van der Waals surface area contributed by atoms with Gasteiger partial charge in [0.2, 0.25) is 0 Å². The molecule has 0 bridgehead atoms. The molecule has 1 heterocycles. The molecule has 1 aromatic heterocycles. The first-order valence-electron chi connectivity index (χ1n) is 4.80. The van der Waals surface area contributed by atoms with Crippen molar-refractivity contribution >= 4 is 12.0 Å². The molecule has 0 atom stereocenters. The molecule has 76 valence electrons. The first-order valence-corrected chi connectivity index (χ1v) is 4.80. The fraction of sp³-hybridized carbons (Fsp3) is 0.364. The van der Waals surface area contributed by atoms with E-state index in [4.69, 9.17) is 4.74 Å². The Morgan fingerprint density at radius 2 is 2.50 bits per heavy atom. The maximum Gasteiger partial charge on any atom is 0.330 e. The Kier molecular flexibility index (Phi) is 4.55. The van der Waals surface area contributed by atoms with Gasteiger partial charge in [0.1, 0.15) is 0 Å². The van der Waals surface area contributed by atoms with E-state index in [-0.39, 0.29) is 5.97 Å². The average Bonchev–Trinajstić information content (AvgIpc) is 2.68. The number of nitrogens with one attached hydrogen (secondary N) is 1. The number of hydrogen-bond acceptors (Lipinski definition) is 2. The number of carbonyl (C=O) groups excluding carboxylic acids is 1. The second-order valence-electron chi connectivity index (χ2n) is 3.00. The Balaban J connectivity index is 2.26. The topological polar surface area (TPSA) is 42.1 Å². The SMILES string of the molecule is CCCCOC(=O)C=Cc1cc[nH]c1. The molecule has 0 saturated carbocycles. The van der Waals surface area contributed by atoms with Crippen LogP contribution < -0.4 is 0 Å². The third kappa shape index (κ3) is 3.94. The van der Waals surface area contributed by atoms with Gasteiger partial charge < -0.3 is 9.72 Å². The number of unbranched alkanes of at least 4 members (excludes halogenated alkanes) is 1. The van der Waals surface area contributed by atoms with Crippen molar-refractivity contribution in [1.82, 2.24) is 4.98 Å². The summed E-state index contributed by atoms with van der Waals surface area (Å²) in [4.78, 5) is 14.0. The van der Waals surface area contributed by atoms with Crippen LogP contribution in [-0.2, 0) is 9.53 Å². The number of esters is 1. The predicted molar refractivity (Wildman–Crippen MR) is 55.7 cm³/mol.